The highest BCUT2D eigenvalue weighted by atomic mass is 32.2. The number of nitriles is 1. The van der Waals surface area contributed by atoms with E-state index >= 15 is 0 Å². The van der Waals surface area contributed by atoms with Crippen molar-refractivity contribution in [3.05, 3.63) is 42.2 Å². The Hall–Kier alpha value is -2.30. The van der Waals surface area contributed by atoms with E-state index in [4.69, 9.17) is 5.26 Å². The highest BCUT2D eigenvalue weighted by Gasteiger charge is 2.43. The number of rotatable bonds is 4. The number of hydrogen-bond acceptors (Lipinski definition) is 5. The summed E-state index contributed by atoms with van der Waals surface area (Å²) in [6, 6.07) is 9.22. The van der Waals surface area contributed by atoms with Crippen molar-refractivity contribution in [3.8, 4) is 11.8 Å². The molecule has 2 aromatic rings. The minimum absolute atomic E-state index is 0.0494. The Morgan fingerprint density at radius 3 is 2.74 bits per heavy atom. The molecule has 1 aliphatic heterocycles. The molecule has 6 nitrogen and oxygen atoms in total. The van der Waals surface area contributed by atoms with Gasteiger partial charge in [0.25, 0.3) is 5.91 Å². The molecule has 0 saturated carbocycles. The maximum Gasteiger partial charge on any atom is 0.254 e. The van der Waals surface area contributed by atoms with Crippen LogP contribution in [0, 0.1) is 11.3 Å². The predicted octanol–water partition coefficient (Wildman–Crippen LogP) is 1.69. The Bertz CT molecular complexity index is 757. The summed E-state index contributed by atoms with van der Waals surface area (Å²) in [5, 5.41) is 19.5. The third-order valence-corrected chi connectivity index (χ3v) is 4.51. The molecule has 0 aliphatic carbocycles. The molecule has 0 atom stereocenters. The van der Waals surface area contributed by atoms with Gasteiger partial charge >= 0.3 is 0 Å². The molecule has 1 aromatic heterocycles. The van der Waals surface area contributed by atoms with Gasteiger partial charge in [0.05, 0.1) is 25.6 Å². The highest BCUT2D eigenvalue weighted by Crippen LogP contribution is 2.26. The normalized spacial score (nSPS) is 15.8. The largest absolute Gasteiger partial charge is 0.385 e. The van der Waals surface area contributed by atoms with Gasteiger partial charge in [-0.2, -0.15) is 5.26 Å². The third-order valence-electron chi connectivity index (χ3n) is 3.85. The van der Waals surface area contributed by atoms with Crippen LogP contribution >= 0.6 is 11.8 Å². The van der Waals surface area contributed by atoms with Crippen molar-refractivity contribution in [1.29, 1.82) is 5.26 Å². The topological polar surface area (TPSA) is 82.2 Å². The van der Waals surface area contributed by atoms with E-state index < -0.39 is 5.60 Å². The molecule has 0 bridgehead atoms. The van der Waals surface area contributed by atoms with Crippen molar-refractivity contribution in [2.45, 2.75) is 17.2 Å². The molecule has 1 saturated heterocycles. The number of amides is 1. The SMILES string of the molecule is CSc1nccn1-c1ccc(C(=O)N2CC(O)(CC#N)C2)cc1. The van der Waals surface area contributed by atoms with Crippen LogP contribution in [0.1, 0.15) is 16.8 Å². The van der Waals surface area contributed by atoms with Crippen LogP contribution < -0.4 is 0 Å². The monoisotopic (exact) mass is 328 g/mol. The van der Waals surface area contributed by atoms with Gasteiger partial charge in [0.2, 0.25) is 0 Å². The lowest BCUT2D eigenvalue weighted by Crippen LogP contribution is -2.63. The second-order valence-corrected chi connectivity index (χ2v) is 6.32. The van der Waals surface area contributed by atoms with E-state index in [-0.39, 0.29) is 25.4 Å². The van der Waals surface area contributed by atoms with E-state index in [2.05, 4.69) is 4.98 Å². The quantitative estimate of drug-likeness (QED) is 0.864. The van der Waals surface area contributed by atoms with Crippen molar-refractivity contribution in [3.63, 3.8) is 0 Å². The minimum Gasteiger partial charge on any atom is -0.385 e. The van der Waals surface area contributed by atoms with Gasteiger partial charge in [0, 0.05) is 23.6 Å². The molecule has 0 spiro atoms. The summed E-state index contributed by atoms with van der Waals surface area (Å²) < 4.78 is 1.95. The summed E-state index contributed by atoms with van der Waals surface area (Å²) in [6.45, 7) is 0.415. The van der Waals surface area contributed by atoms with Gasteiger partial charge in [-0.1, -0.05) is 11.8 Å². The van der Waals surface area contributed by atoms with Crippen LogP contribution in [-0.4, -0.2) is 50.4 Å². The number of β-amino-alcohol motifs (C(OH)–C–C–N with tert-alkyl or cyclic N) is 1. The zero-order valence-electron chi connectivity index (χ0n) is 12.6. The van der Waals surface area contributed by atoms with E-state index in [0.29, 0.717) is 5.56 Å². The van der Waals surface area contributed by atoms with Crippen LogP contribution in [0.2, 0.25) is 0 Å². The molecular formula is C16H16N4O2S. The number of thioether (sulfide) groups is 1. The fourth-order valence-electron chi connectivity index (χ4n) is 2.65. The van der Waals surface area contributed by atoms with Crippen LogP contribution in [0.3, 0.4) is 0 Å². The number of carbonyl (C=O) groups is 1. The summed E-state index contributed by atoms with van der Waals surface area (Å²) in [4.78, 5) is 18.2. The molecular weight excluding hydrogens is 312 g/mol. The fourth-order valence-corrected chi connectivity index (χ4v) is 3.18. The van der Waals surface area contributed by atoms with Gasteiger partial charge in [-0.3, -0.25) is 9.36 Å². The summed E-state index contributed by atoms with van der Waals surface area (Å²) in [5.41, 5.74) is 0.459. The zero-order chi connectivity index (χ0) is 16.4. The summed E-state index contributed by atoms with van der Waals surface area (Å²) in [7, 11) is 0. The summed E-state index contributed by atoms with van der Waals surface area (Å²) in [5.74, 6) is -0.130. The molecule has 0 unspecified atom stereocenters. The number of aliphatic hydroxyl groups is 1. The molecule has 3 rings (SSSR count). The fraction of sp³-hybridized carbons (Fsp3) is 0.312. The lowest BCUT2D eigenvalue weighted by molar-refractivity contribution is -0.0770. The van der Waals surface area contributed by atoms with Gasteiger partial charge in [-0.15, -0.1) is 0 Å². The maximum absolute atomic E-state index is 12.3. The van der Waals surface area contributed by atoms with E-state index in [0.717, 1.165) is 10.8 Å². The van der Waals surface area contributed by atoms with Crippen molar-refractivity contribution >= 4 is 17.7 Å². The molecule has 1 aliphatic rings. The zero-order valence-corrected chi connectivity index (χ0v) is 13.5. The van der Waals surface area contributed by atoms with E-state index in [1.165, 1.54) is 0 Å². The molecule has 7 heteroatoms. The number of benzene rings is 1. The molecule has 1 fully saturated rings. The van der Waals surface area contributed by atoms with E-state index in [9.17, 15) is 9.90 Å². The molecule has 0 radical (unpaired) electrons. The van der Waals surface area contributed by atoms with Crippen molar-refractivity contribution < 1.29 is 9.90 Å². The Labute approximate surface area is 138 Å². The first-order chi connectivity index (χ1) is 11.1. The average Bonchev–Trinajstić information content (AvgIpc) is 3.01. The Balaban J connectivity index is 1.71. The minimum atomic E-state index is -1.05. The van der Waals surface area contributed by atoms with Crippen molar-refractivity contribution in [1.82, 2.24) is 14.5 Å². The summed E-state index contributed by atoms with van der Waals surface area (Å²) in [6.07, 6.45) is 5.62. The average molecular weight is 328 g/mol. The molecule has 23 heavy (non-hydrogen) atoms. The second kappa shape index (κ2) is 6.07. The van der Waals surface area contributed by atoms with Crippen LogP contribution in [0.4, 0.5) is 0 Å². The predicted molar refractivity (Wildman–Crippen MR) is 86.4 cm³/mol. The number of imidazole rings is 1. The Morgan fingerprint density at radius 2 is 2.13 bits per heavy atom. The van der Waals surface area contributed by atoms with E-state index in [1.807, 2.05) is 35.2 Å². The smallest absolute Gasteiger partial charge is 0.254 e. The molecule has 1 N–H and O–H groups in total. The highest BCUT2D eigenvalue weighted by molar-refractivity contribution is 7.98. The van der Waals surface area contributed by atoms with Crippen LogP contribution in [0.25, 0.3) is 5.69 Å². The Kier molecular flexibility index (Phi) is 4.11. The van der Waals surface area contributed by atoms with Crippen molar-refractivity contribution in [2.24, 2.45) is 0 Å². The van der Waals surface area contributed by atoms with Gasteiger partial charge in [0.15, 0.2) is 5.16 Å². The first-order valence-corrected chi connectivity index (χ1v) is 8.35. The number of carbonyl (C=O) groups excluding carboxylic acids is 1. The van der Waals surface area contributed by atoms with Gasteiger partial charge in [-0.05, 0) is 30.5 Å². The molecule has 2 heterocycles. The van der Waals surface area contributed by atoms with Crippen LogP contribution in [-0.2, 0) is 0 Å². The molecule has 1 amide bonds. The van der Waals surface area contributed by atoms with E-state index in [1.54, 1.807) is 35.0 Å². The van der Waals surface area contributed by atoms with Crippen LogP contribution in [0.15, 0.2) is 41.8 Å². The summed E-state index contributed by atoms with van der Waals surface area (Å²) >= 11 is 1.55. The second-order valence-electron chi connectivity index (χ2n) is 5.55. The molecule has 1 aromatic carbocycles. The first kappa shape index (κ1) is 15.6. The number of nitrogens with zero attached hydrogens (tertiary/aromatic N) is 4. The Morgan fingerprint density at radius 1 is 1.43 bits per heavy atom. The van der Waals surface area contributed by atoms with Crippen molar-refractivity contribution in [2.75, 3.05) is 19.3 Å². The number of aromatic nitrogens is 2. The standard InChI is InChI=1S/C16H16N4O2S/c1-23-15-18-8-9-20(15)13-4-2-12(3-5-13)14(21)19-10-16(22,11-19)6-7-17/h2-5,8-9,22H,6,10-11H2,1H3. The lowest BCUT2D eigenvalue weighted by atomic mass is 9.90. The lowest BCUT2D eigenvalue weighted by Gasteiger charge is -2.45. The first-order valence-electron chi connectivity index (χ1n) is 7.13. The van der Waals surface area contributed by atoms with Gasteiger partial charge in [0.1, 0.15) is 5.60 Å². The van der Waals surface area contributed by atoms with Crippen LogP contribution in [0.5, 0.6) is 0 Å². The number of hydrogen-bond donors (Lipinski definition) is 1. The molecule has 118 valence electrons. The third kappa shape index (κ3) is 2.96. The van der Waals surface area contributed by atoms with Gasteiger partial charge < -0.3 is 10.0 Å². The number of likely N-dealkylation sites (tertiary alicyclic amines) is 1. The van der Waals surface area contributed by atoms with Gasteiger partial charge in [-0.25, -0.2) is 4.98 Å². The maximum atomic E-state index is 12.3.